The first kappa shape index (κ1) is 10.5. The number of amides is 1. The molecule has 1 saturated heterocycles. The molecule has 13 heavy (non-hydrogen) atoms. The molecule has 1 amide bonds. The van der Waals surface area contributed by atoms with Gasteiger partial charge in [-0.15, -0.1) is 0 Å². The molecular weight excluding hydrogens is 164 g/mol. The number of carbonyl (C=O) groups is 1. The van der Waals surface area contributed by atoms with Crippen molar-refractivity contribution in [3.05, 3.63) is 0 Å². The quantitative estimate of drug-likeness (QED) is 0.691. The summed E-state index contributed by atoms with van der Waals surface area (Å²) < 4.78 is 0. The van der Waals surface area contributed by atoms with Gasteiger partial charge in [0, 0.05) is 12.6 Å². The topological polar surface area (TPSA) is 46.3 Å². The lowest BCUT2D eigenvalue weighted by Crippen LogP contribution is -2.45. The van der Waals surface area contributed by atoms with Crippen molar-refractivity contribution in [1.82, 2.24) is 4.90 Å². The van der Waals surface area contributed by atoms with Gasteiger partial charge in [0.2, 0.25) is 5.91 Å². The number of hydrogen-bond acceptors (Lipinski definition) is 2. The van der Waals surface area contributed by atoms with Crippen LogP contribution in [0.4, 0.5) is 0 Å². The number of nitrogens with two attached hydrogens (primary N) is 1. The van der Waals surface area contributed by atoms with E-state index in [1.165, 1.54) is 0 Å². The van der Waals surface area contributed by atoms with E-state index in [9.17, 15) is 4.79 Å². The van der Waals surface area contributed by atoms with Crippen LogP contribution in [0.15, 0.2) is 0 Å². The van der Waals surface area contributed by atoms with E-state index >= 15 is 0 Å². The number of likely N-dealkylation sites (tertiary alicyclic amines) is 1. The van der Waals surface area contributed by atoms with Crippen molar-refractivity contribution in [1.29, 1.82) is 0 Å². The van der Waals surface area contributed by atoms with E-state index in [-0.39, 0.29) is 11.9 Å². The van der Waals surface area contributed by atoms with Crippen LogP contribution in [0.1, 0.15) is 27.7 Å². The fraction of sp³-hybridized carbons (Fsp3) is 0.900. The van der Waals surface area contributed by atoms with Gasteiger partial charge < -0.3 is 5.73 Å². The molecular formula is C10H20N2O. The Kier molecular flexibility index (Phi) is 2.96. The smallest absolute Gasteiger partial charge is 0.234 e. The predicted molar refractivity (Wildman–Crippen MR) is 53.2 cm³/mol. The van der Waals surface area contributed by atoms with E-state index in [4.69, 9.17) is 5.73 Å². The van der Waals surface area contributed by atoms with Crippen molar-refractivity contribution < 1.29 is 4.79 Å². The zero-order chi connectivity index (χ0) is 10.2. The lowest BCUT2D eigenvalue weighted by molar-refractivity contribution is -0.123. The van der Waals surface area contributed by atoms with Crippen molar-refractivity contribution in [2.24, 2.45) is 17.6 Å². The largest absolute Gasteiger partial charge is 0.368 e. The Morgan fingerprint density at radius 1 is 1.46 bits per heavy atom. The first-order chi connectivity index (χ1) is 5.95. The van der Waals surface area contributed by atoms with Gasteiger partial charge >= 0.3 is 0 Å². The highest BCUT2D eigenvalue weighted by atomic mass is 16.1. The van der Waals surface area contributed by atoms with Gasteiger partial charge in [-0.1, -0.05) is 13.8 Å². The molecule has 0 aromatic carbocycles. The molecule has 0 bridgehead atoms. The van der Waals surface area contributed by atoms with Crippen LogP contribution < -0.4 is 5.73 Å². The van der Waals surface area contributed by atoms with Crippen LogP contribution in [0.2, 0.25) is 0 Å². The summed E-state index contributed by atoms with van der Waals surface area (Å²) in [5, 5.41) is 0. The van der Waals surface area contributed by atoms with Crippen molar-refractivity contribution in [2.45, 2.75) is 39.8 Å². The second-order valence-corrected chi connectivity index (χ2v) is 4.35. The Morgan fingerprint density at radius 2 is 2.00 bits per heavy atom. The van der Waals surface area contributed by atoms with Crippen LogP contribution >= 0.6 is 0 Å². The Balaban J connectivity index is 2.68. The molecule has 4 atom stereocenters. The van der Waals surface area contributed by atoms with Crippen LogP contribution in [-0.2, 0) is 4.79 Å². The van der Waals surface area contributed by atoms with Crippen molar-refractivity contribution >= 4 is 5.91 Å². The molecule has 0 aliphatic carbocycles. The fourth-order valence-electron chi connectivity index (χ4n) is 2.12. The molecule has 0 saturated carbocycles. The molecule has 3 heteroatoms. The highest BCUT2D eigenvalue weighted by Crippen LogP contribution is 2.30. The number of primary amides is 1. The maximum Gasteiger partial charge on any atom is 0.234 e. The zero-order valence-electron chi connectivity index (χ0n) is 8.95. The van der Waals surface area contributed by atoms with Gasteiger partial charge in [-0.3, -0.25) is 9.69 Å². The van der Waals surface area contributed by atoms with Gasteiger partial charge in [0.1, 0.15) is 0 Å². The summed E-state index contributed by atoms with van der Waals surface area (Å²) in [5.41, 5.74) is 5.29. The summed E-state index contributed by atoms with van der Waals surface area (Å²) in [6.07, 6.45) is 0. The summed E-state index contributed by atoms with van der Waals surface area (Å²) in [7, 11) is 0. The van der Waals surface area contributed by atoms with Gasteiger partial charge in [0.15, 0.2) is 0 Å². The molecule has 0 aromatic rings. The second kappa shape index (κ2) is 3.66. The molecule has 1 rings (SSSR count). The first-order valence-electron chi connectivity index (χ1n) is 5.00. The van der Waals surface area contributed by atoms with Gasteiger partial charge in [0.05, 0.1) is 6.04 Å². The lowest BCUT2D eigenvalue weighted by Gasteiger charge is -2.27. The average Bonchev–Trinajstić information content (AvgIpc) is 2.31. The van der Waals surface area contributed by atoms with Crippen LogP contribution in [0.3, 0.4) is 0 Å². The lowest BCUT2D eigenvalue weighted by atomic mass is 9.95. The molecule has 4 unspecified atom stereocenters. The van der Waals surface area contributed by atoms with E-state index in [2.05, 4.69) is 25.7 Å². The van der Waals surface area contributed by atoms with E-state index in [1.54, 1.807) is 0 Å². The fourth-order valence-corrected chi connectivity index (χ4v) is 2.12. The molecule has 0 aromatic heterocycles. The summed E-state index contributed by atoms with van der Waals surface area (Å²) in [6.45, 7) is 9.53. The maximum absolute atomic E-state index is 11.0. The minimum atomic E-state index is -0.215. The summed E-state index contributed by atoms with van der Waals surface area (Å²) in [6, 6.07) is 0.347. The highest BCUT2D eigenvalue weighted by Gasteiger charge is 2.37. The summed E-state index contributed by atoms with van der Waals surface area (Å²) >= 11 is 0. The third kappa shape index (κ3) is 1.85. The Bertz CT molecular complexity index is 205. The summed E-state index contributed by atoms with van der Waals surface area (Å²) in [4.78, 5) is 13.2. The third-order valence-electron chi connectivity index (χ3n) is 3.59. The highest BCUT2D eigenvalue weighted by molar-refractivity contribution is 5.79. The Labute approximate surface area is 80.3 Å². The molecule has 1 aliphatic rings. The van der Waals surface area contributed by atoms with Crippen molar-refractivity contribution in [3.63, 3.8) is 0 Å². The van der Waals surface area contributed by atoms with E-state index in [0.29, 0.717) is 17.9 Å². The zero-order valence-corrected chi connectivity index (χ0v) is 8.95. The van der Waals surface area contributed by atoms with Gasteiger partial charge in [-0.25, -0.2) is 0 Å². The molecule has 1 fully saturated rings. The second-order valence-electron chi connectivity index (χ2n) is 4.35. The number of nitrogens with zero attached hydrogens (tertiary/aromatic N) is 1. The molecule has 0 radical (unpaired) electrons. The third-order valence-corrected chi connectivity index (χ3v) is 3.59. The monoisotopic (exact) mass is 184 g/mol. The molecule has 1 heterocycles. The minimum Gasteiger partial charge on any atom is -0.368 e. The van der Waals surface area contributed by atoms with E-state index in [0.717, 1.165) is 6.54 Å². The van der Waals surface area contributed by atoms with Crippen LogP contribution in [0, 0.1) is 11.8 Å². The first-order valence-corrected chi connectivity index (χ1v) is 5.00. The van der Waals surface area contributed by atoms with Gasteiger partial charge in [-0.05, 0) is 25.7 Å². The Hall–Kier alpha value is -0.570. The molecule has 76 valence electrons. The predicted octanol–water partition coefficient (Wildman–Crippen LogP) is 0.837. The van der Waals surface area contributed by atoms with E-state index in [1.807, 2.05) is 6.92 Å². The normalized spacial score (nSPS) is 37.7. The number of rotatable bonds is 2. The average molecular weight is 184 g/mol. The van der Waals surface area contributed by atoms with Crippen molar-refractivity contribution in [2.75, 3.05) is 6.54 Å². The SMILES string of the molecule is CC1CN(C(C)C(N)=O)C(C)C1C. The van der Waals surface area contributed by atoms with E-state index < -0.39 is 0 Å². The number of hydrogen-bond donors (Lipinski definition) is 1. The standard InChI is InChI=1S/C10H20N2O/c1-6-5-12(8(3)7(6)2)9(4)10(11)13/h6-9H,5H2,1-4H3,(H2,11,13). The molecule has 2 N–H and O–H groups in total. The van der Waals surface area contributed by atoms with Crippen molar-refractivity contribution in [3.8, 4) is 0 Å². The minimum absolute atomic E-state index is 0.123. The molecule has 3 nitrogen and oxygen atoms in total. The molecule has 0 spiro atoms. The van der Waals surface area contributed by atoms with Gasteiger partial charge in [-0.2, -0.15) is 0 Å². The maximum atomic E-state index is 11.0. The molecule has 1 aliphatic heterocycles. The van der Waals surface area contributed by atoms with Crippen LogP contribution in [0.5, 0.6) is 0 Å². The summed E-state index contributed by atoms with van der Waals surface area (Å²) in [5.74, 6) is 1.10. The van der Waals surface area contributed by atoms with Gasteiger partial charge in [0.25, 0.3) is 0 Å². The van der Waals surface area contributed by atoms with Crippen LogP contribution in [-0.4, -0.2) is 29.4 Å². The van der Waals surface area contributed by atoms with Crippen LogP contribution in [0.25, 0.3) is 0 Å². The Morgan fingerprint density at radius 3 is 2.31 bits per heavy atom. The number of carbonyl (C=O) groups excluding carboxylic acids is 1.